The first-order valence-corrected chi connectivity index (χ1v) is 19.6. The third kappa shape index (κ3) is 18.6. The summed E-state index contributed by atoms with van der Waals surface area (Å²) in [5.41, 5.74) is -1.23. The fourth-order valence-electron chi connectivity index (χ4n) is 6.08. The van der Waals surface area contributed by atoms with Gasteiger partial charge in [-0.3, -0.25) is 19.2 Å². The quantitative estimate of drug-likeness (QED) is 0.0473. The van der Waals surface area contributed by atoms with Crippen LogP contribution in [-0.4, -0.2) is 99.9 Å². The SMILES string of the molecule is CCCCC(CC)C(=O)OCC(COC(=O)CCCCN1CCN(C)CC1)(COC(=O)C(CC)CCCC)COC(=O)C(CC)CCCC. The number of rotatable bonds is 28. The number of carbonyl (C=O) groups excluding carboxylic acids is 4. The molecule has 1 heterocycles. The summed E-state index contributed by atoms with van der Waals surface area (Å²) in [7, 11) is 2.13. The molecular weight excluding hydrogens is 624 g/mol. The number of nitrogens with zero attached hydrogens (tertiary/aromatic N) is 2. The second-order valence-corrected chi connectivity index (χ2v) is 14.3. The van der Waals surface area contributed by atoms with Crippen LogP contribution in [0.2, 0.25) is 0 Å². The highest BCUT2D eigenvalue weighted by Crippen LogP contribution is 2.26. The Kier molecular flexibility index (Phi) is 24.3. The molecular formula is C39H72N2O8. The van der Waals surface area contributed by atoms with Gasteiger partial charge in [-0.2, -0.15) is 0 Å². The molecule has 10 heteroatoms. The maximum Gasteiger partial charge on any atom is 0.308 e. The summed E-state index contributed by atoms with van der Waals surface area (Å²) in [6, 6.07) is 0. The van der Waals surface area contributed by atoms with Crippen molar-refractivity contribution >= 4 is 23.9 Å². The van der Waals surface area contributed by atoms with E-state index in [4.69, 9.17) is 18.9 Å². The minimum atomic E-state index is -1.23. The Morgan fingerprint density at radius 2 is 0.939 bits per heavy atom. The molecule has 0 N–H and O–H groups in total. The second-order valence-electron chi connectivity index (χ2n) is 14.3. The zero-order chi connectivity index (χ0) is 36.5. The number of ether oxygens (including phenoxy) is 4. The van der Waals surface area contributed by atoms with Crippen LogP contribution in [0.5, 0.6) is 0 Å². The van der Waals surface area contributed by atoms with Crippen LogP contribution in [0.15, 0.2) is 0 Å². The van der Waals surface area contributed by atoms with E-state index < -0.39 is 5.41 Å². The molecule has 0 radical (unpaired) electrons. The number of likely N-dealkylation sites (N-methyl/N-ethyl adjacent to an activating group) is 1. The van der Waals surface area contributed by atoms with Crippen LogP contribution in [0.25, 0.3) is 0 Å². The summed E-state index contributed by atoms with van der Waals surface area (Å²) in [5, 5.41) is 0. The molecule has 286 valence electrons. The van der Waals surface area contributed by atoms with Gasteiger partial charge < -0.3 is 28.7 Å². The minimum Gasteiger partial charge on any atom is -0.465 e. The summed E-state index contributed by atoms with van der Waals surface area (Å²) in [6.45, 7) is 16.5. The van der Waals surface area contributed by atoms with E-state index in [1.54, 1.807) is 0 Å². The van der Waals surface area contributed by atoms with E-state index in [-0.39, 0.29) is 74.5 Å². The molecule has 1 saturated heterocycles. The standard InChI is InChI=1S/C39H72N2O8/c1-8-14-19-32(11-4)36(43)47-29-39(30-48-37(44)33(12-5)20-15-9-2,31-49-38(45)34(13-6)21-16-10-3)28-46-35(42)22-17-18-23-41-26-24-40(7)25-27-41/h32-34H,8-31H2,1-7H3. The summed E-state index contributed by atoms with van der Waals surface area (Å²) >= 11 is 0. The van der Waals surface area contributed by atoms with Gasteiger partial charge in [-0.15, -0.1) is 0 Å². The Labute approximate surface area is 298 Å². The lowest BCUT2D eigenvalue weighted by Gasteiger charge is -2.33. The zero-order valence-corrected chi connectivity index (χ0v) is 32.4. The summed E-state index contributed by atoms with van der Waals surface area (Å²) in [5.74, 6) is -2.16. The Morgan fingerprint density at radius 3 is 1.31 bits per heavy atom. The first-order valence-electron chi connectivity index (χ1n) is 19.6. The Bertz CT molecular complexity index is 842. The van der Waals surface area contributed by atoms with E-state index in [1.165, 1.54) is 0 Å². The van der Waals surface area contributed by atoms with Crippen LogP contribution in [-0.2, 0) is 38.1 Å². The van der Waals surface area contributed by atoms with E-state index in [2.05, 4.69) is 37.6 Å². The number of esters is 4. The van der Waals surface area contributed by atoms with Gasteiger partial charge in [0.1, 0.15) is 31.8 Å². The predicted octanol–water partition coefficient (Wildman–Crippen LogP) is 7.21. The van der Waals surface area contributed by atoms with Gasteiger partial charge in [0.2, 0.25) is 0 Å². The first-order chi connectivity index (χ1) is 23.6. The lowest BCUT2D eigenvalue weighted by atomic mass is 9.91. The van der Waals surface area contributed by atoms with Crippen molar-refractivity contribution in [1.29, 1.82) is 0 Å². The highest BCUT2D eigenvalue weighted by Gasteiger charge is 2.39. The topological polar surface area (TPSA) is 112 Å². The van der Waals surface area contributed by atoms with Crippen molar-refractivity contribution in [1.82, 2.24) is 9.80 Å². The summed E-state index contributed by atoms with van der Waals surface area (Å²) in [6.07, 6.45) is 11.6. The molecule has 0 aromatic heterocycles. The van der Waals surface area contributed by atoms with Gasteiger partial charge in [-0.1, -0.05) is 80.1 Å². The lowest BCUT2D eigenvalue weighted by Crippen LogP contribution is -2.45. The monoisotopic (exact) mass is 697 g/mol. The van der Waals surface area contributed by atoms with Gasteiger partial charge in [0, 0.05) is 32.6 Å². The van der Waals surface area contributed by atoms with Crippen molar-refractivity contribution in [2.45, 2.75) is 138 Å². The van der Waals surface area contributed by atoms with Gasteiger partial charge in [0.15, 0.2) is 0 Å². The largest absolute Gasteiger partial charge is 0.465 e. The van der Waals surface area contributed by atoms with Gasteiger partial charge in [0.05, 0.1) is 17.8 Å². The number of unbranched alkanes of at least 4 members (excludes halogenated alkanes) is 4. The Morgan fingerprint density at radius 1 is 0.551 bits per heavy atom. The second kappa shape index (κ2) is 26.6. The van der Waals surface area contributed by atoms with Crippen LogP contribution >= 0.6 is 0 Å². The Balaban J connectivity index is 3.15. The molecule has 0 spiro atoms. The molecule has 0 saturated carbocycles. The molecule has 1 rings (SSSR count). The van der Waals surface area contributed by atoms with Gasteiger partial charge in [-0.25, -0.2) is 0 Å². The van der Waals surface area contributed by atoms with Crippen LogP contribution in [0.4, 0.5) is 0 Å². The molecule has 0 amide bonds. The van der Waals surface area contributed by atoms with Crippen LogP contribution < -0.4 is 0 Å². The number of hydrogen-bond donors (Lipinski definition) is 0. The zero-order valence-electron chi connectivity index (χ0n) is 32.4. The fourth-order valence-corrected chi connectivity index (χ4v) is 6.08. The van der Waals surface area contributed by atoms with Crippen molar-refractivity contribution in [2.24, 2.45) is 23.2 Å². The van der Waals surface area contributed by atoms with E-state index in [1.807, 2.05) is 20.8 Å². The van der Waals surface area contributed by atoms with E-state index in [0.29, 0.717) is 25.7 Å². The number of carbonyl (C=O) groups is 4. The number of piperazine rings is 1. The average Bonchev–Trinajstić information content (AvgIpc) is 3.11. The molecule has 0 aromatic rings. The van der Waals surface area contributed by atoms with Crippen molar-refractivity contribution in [3.63, 3.8) is 0 Å². The molecule has 0 aliphatic carbocycles. The summed E-state index contributed by atoms with van der Waals surface area (Å²) in [4.78, 5) is 57.6. The highest BCUT2D eigenvalue weighted by molar-refractivity contribution is 5.74. The third-order valence-corrected chi connectivity index (χ3v) is 10.00. The van der Waals surface area contributed by atoms with Crippen molar-refractivity contribution < 1.29 is 38.1 Å². The predicted molar refractivity (Wildman–Crippen MR) is 194 cm³/mol. The van der Waals surface area contributed by atoms with Gasteiger partial charge in [0.25, 0.3) is 0 Å². The van der Waals surface area contributed by atoms with Gasteiger partial charge >= 0.3 is 23.9 Å². The maximum atomic E-state index is 13.3. The van der Waals surface area contributed by atoms with Crippen molar-refractivity contribution in [2.75, 3.05) is 66.2 Å². The smallest absolute Gasteiger partial charge is 0.308 e. The molecule has 3 unspecified atom stereocenters. The maximum absolute atomic E-state index is 13.3. The number of hydrogen-bond acceptors (Lipinski definition) is 10. The molecule has 3 atom stereocenters. The normalized spacial score (nSPS) is 17.0. The van der Waals surface area contributed by atoms with Crippen LogP contribution in [0.1, 0.15) is 138 Å². The van der Waals surface area contributed by atoms with E-state index in [0.717, 1.165) is 96.9 Å². The van der Waals surface area contributed by atoms with E-state index >= 15 is 0 Å². The third-order valence-electron chi connectivity index (χ3n) is 10.00. The molecule has 1 aliphatic rings. The molecule has 10 nitrogen and oxygen atoms in total. The average molecular weight is 697 g/mol. The van der Waals surface area contributed by atoms with Gasteiger partial charge in [-0.05, 0) is 65.0 Å². The highest BCUT2D eigenvalue weighted by atomic mass is 16.6. The Hall–Kier alpha value is -2.20. The van der Waals surface area contributed by atoms with Crippen LogP contribution in [0.3, 0.4) is 0 Å². The molecule has 1 fully saturated rings. The lowest BCUT2D eigenvalue weighted by molar-refractivity contribution is -0.175. The molecule has 0 bridgehead atoms. The molecule has 49 heavy (non-hydrogen) atoms. The molecule has 1 aliphatic heterocycles. The fraction of sp³-hybridized carbons (Fsp3) is 0.897. The van der Waals surface area contributed by atoms with Crippen molar-refractivity contribution in [3.8, 4) is 0 Å². The van der Waals surface area contributed by atoms with Crippen LogP contribution in [0, 0.1) is 23.2 Å². The summed E-state index contributed by atoms with van der Waals surface area (Å²) < 4.78 is 23.6. The van der Waals surface area contributed by atoms with Crippen molar-refractivity contribution in [3.05, 3.63) is 0 Å². The molecule has 0 aromatic carbocycles. The van der Waals surface area contributed by atoms with E-state index in [9.17, 15) is 19.2 Å². The first kappa shape index (κ1) is 44.8. The minimum absolute atomic E-state index is 0.191.